The average Bonchev–Trinajstić information content (AvgIpc) is 2.64. The minimum atomic E-state index is -0.240. The molecular weight excluding hydrogens is 491 g/mol. The second-order valence-electron chi connectivity index (χ2n) is 9.11. The molecule has 2 rings (SSSR count). The summed E-state index contributed by atoms with van der Waals surface area (Å²) < 4.78 is 11.8. The van der Waals surface area contributed by atoms with Crippen molar-refractivity contribution in [3.05, 3.63) is 29.3 Å². The Labute approximate surface area is 200 Å². The molecule has 1 aromatic carbocycles. The fraction of sp³-hybridized carbons (Fsp3) is 0.696. The topological polar surface area (TPSA) is 58.1 Å². The van der Waals surface area contributed by atoms with Gasteiger partial charge in [0.25, 0.3) is 0 Å². The van der Waals surface area contributed by atoms with Crippen LogP contribution in [0.5, 0.6) is 5.75 Å². The number of benzene rings is 1. The number of aliphatic imine (C=N–C) groups is 1. The van der Waals surface area contributed by atoms with Crippen LogP contribution >= 0.6 is 24.0 Å². The first-order valence-electron chi connectivity index (χ1n) is 10.7. The molecule has 0 bridgehead atoms. The highest BCUT2D eigenvalue weighted by atomic mass is 127. The summed E-state index contributed by atoms with van der Waals surface area (Å²) in [5.74, 6) is 1.74. The largest absolute Gasteiger partial charge is 0.488 e. The van der Waals surface area contributed by atoms with Gasteiger partial charge in [-0.25, -0.2) is 4.99 Å². The predicted octanol–water partition coefficient (Wildman–Crippen LogP) is 3.96. The molecule has 0 saturated carbocycles. The van der Waals surface area contributed by atoms with Crippen LogP contribution in [-0.2, 0) is 11.3 Å². The Kier molecular flexibility index (Phi) is 10.9. The Hall–Kier alpha value is -1.06. The maximum atomic E-state index is 6.18. The molecule has 0 amide bonds. The third-order valence-electron chi connectivity index (χ3n) is 5.35. The van der Waals surface area contributed by atoms with Gasteiger partial charge in [0, 0.05) is 37.4 Å². The zero-order valence-corrected chi connectivity index (χ0v) is 22.1. The lowest BCUT2D eigenvalue weighted by Crippen LogP contribution is -2.57. The average molecular weight is 533 g/mol. The van der Waals surface area contributed by atoms with Gasteiger partial charge in [0.1, 0.15) is 11.4 Å². The molecule has 0 spiro atoms. The zero-order chi connectivity index (χ0) is 21.5. The molecule has 1 aliphatic heterocycles. The number of hydrogen-bond donors (Lipinski definition) is 2. The molecule has 1 heterocycles. The highest BCUT2D eigenvalue weighted by molar-refractivity contribution is 14.0. The van der Waals surface area contributed by atoms with Crippen molar-refractivity contribution < 1.29 is 9.47 Å². The van der Waals surface area contributed by atoms with Crippen molar-refractivity contribution in [2.24, 2.45) is 4.99 Å². The van der Waals surface area contributed by atoms with Gasteiger partial charge in [-0.05, 0) is 73.2 Å². The first kappa shape index (κ1) is 27.0. The smallest absolute Gasteiger partial charge is 0.191 e. The molecule has 0 aliphatic carbocycles. The Balaban J connectivity index is 0.00000450. The van der Waals surface area contributed by atoms with Gasteiger partial charge in [0.05, 0.1) is 6.54 Å². The molecule has 1 fully saturated rings. The third kappa shape index (κ3) is 8.23. The summed E-state index contributed by atoms with van der Waals surface area (Å²) in [6.45, 7) is 14.2. The minimum Gasteiger partial charge on any atom is -0.488 e. The summed E-state index contributed by atoms with van der Waals surface area (Å²) in [5, 5.41) is 6.94. The van der Waals surface area contributed by atoms with Crippen LogP contribution in [0.25, 0.3) is 0 Å². The Morgan fingerprint density at radius 2 is 1.87 bits per heavy atom. The third-order valence-corrected chi connectivity index (χ3v) is 5.35. The van der Waals surface area contributed by atoms with Crippen molar-refractivity contribution >= 4 is 29.9 Å². The van der Waals surface area contributed by atoms with Crippen molar-refractivity contribution in [2.45, 2.75) is 65.1 Å². The standard InChI is InChI=1S/C23H40N4O2.HI/c1-8-24-21(26-17-23(27(6)7)11-13-28-14-12-23)25-16-19-10-9-18(2)15-20(19)29-22(3,4)5;/h9-10,15H,8,11-14,16-17H2,1-7H3,(H2,24,25,26);1H. The number of likely N-dealkylation sites (N-methyl/N-ethyl adjacent to an activating group) is 1. The molecule has 0 atom stereocenters. The maximum absolute atomic E-state index is 6.18. The fourth-order valence-corrected chi connectivity index (χ4v) is 3.50. The van der Waals surface area contributed by atoms with Crippen molar-refractivity contribution in [2.75, 3.05) is 40.4 Å². The molecule has 0 unspecified atom stereocenters. The number of nitrogens with one attached hydrogen (secondary N) is 2. The van der Waals surface area contributed by atoms with Gasteiger partial charge < -0.3 is 25.0 Å². The molecule has 0 radical (unpaired) electrons. The number of halogens is 1. The van der Waals surface area contributed by atoms with Crippen LogP contribution in [-0.4, -0.2) is 62.4 Å². The van der Waals surface area contributed by atoms with Crippen molar-refractivity contribution in [1.29, 1.82) is 0 Å². The van der Waals surface area contributed by atoms with Crippen LogP contribution in [0.4, 0.5) is 0 Å². The first-order chi connectivity index (χ1) is 13.6. The lowest BCUT2D eigenvalue weighted by molar-refractivity contribution is -0.00501. The van der Waals surface area contributed by atoms with E-state index in [2.05, 4.69) is 82.4 Å². The highest BCUT2D eigenvalue weighted by Crippen LogP contribution is 2.26. The van der Waals surface area contributed by atoms with E-state index in [-0.39, 0.29) is 35.1 Å². The van der Waals surface area contributed by atoms with Gasteiger partial charge in [-0.15, -0.1) is 24.0 Å². The summed E-state index contributed by atoms with van der Waals surface area (Å²) in [7, 11) is 4.30. The van der Waals surface area contributed by atoms with E-state index >= 15 is 0 Å². The van der Waals surface area contributed by atoms with E-state index in [0.717, 1.165) is 56.4 Å². The van der Waals surface area contributed by atoms with E-state index in [0.29, 0.717) is 6.54 Å². The van der Waals surface area contributed by atoms with Crippen LogP contribution < -0.4 is 15.4 Å². The van der Waals surface area contributed by atoms with Crippen molar-refractivity contribution in [1.82, 2.24) is 15.5 Å². The van der Waals surface area contributed by atoms with E-state index in [1.807, 2.05) is 0 Å². The van der Waals surface area contributed by atoms with Crippen LogP contribution in [0.15, 0.2) is 23.2 Å². The molecule has 1 aromatic rings. The summed E-state index contributed by atoms with van der Waals surface area (Å²) in [5.41, 5.74) is 2.14. The van der Waals surface area contributed by atoms with E-state index < -0.39 is 0 Å². The van der Waals surface area contributed by atoms with Crippen LogP contribution in [0.3, 0.4) is 0 Å². The number of guanidine groups is 1. The molecule has 2 N–H and O–H groups in total. The fourth-order valence-electron chi connectivity index (χ4n) is 3.50. The van der Waals surface area contributed by atoms with Gasteiger partial charge >= 0.3 is 0 Å². The molecule has 172 valence electrons. The molecule has 7 heteroatoms. The van der Waals surface area contributed by atoms with E-state index in [1.165, 1.54) is 5.56 Å². The number of hydrogen-bond acceptors (Lipinski definition) is 4. The summed E-state index contributed by atoms with van der Waals surface area (Å²) in [4.78, 5) is 7.16. The lowest BCUT2D eigenvalue weighted by atomic mass is 9.88. The summed E-state index contributed by atoms with van der Waals surface area (Å²) in [6.07, 6.45) is 2.04. The van der Waals surface area contributed by atoms with Crippen LogP contribution in [0, 0.1) is 6.92 Å². The number of aryl methyl sites for hydroxylation is 1. The molecule has 1 saturated heterocycles. The molecule has 30 heavy (non-hydrogen) atoms. The lowest BCUT2D eigenvalue weighted by Gasteiger charge is -2.43. The normalized spacial score (nSPS) is 16.7. The van der Waals surface area contributed by atoms with Gasteiger partial charge in [0.2, 0.25) is 0 Å². The number of rotatable bonds is 7. The number of ether oxygens (including phenoxy) is 2. The SMILES string of the molecule is CCNC(=NCc1ccc(C)cc1OC(C)(C)C)NCC1(N(C)C)CCOCC1.I. The van der Waals surface area contributed by atoms with Crippen LogP contribution in [0.2, 0.25) is 0 Å². The highest BCUT2D eigenvalue weighted by Gasteiger charge is 2.34. The summed E-state index contributed by atoms with van der Waals surface area (Å²) in [6, 6.07) is 6.33. The Morgan fingerprint density at radius 1 is 1.20 bits per heavy atom. The van der Waals surface area contributed by atoms with Crippen molar-refractivity contribution in [3.8, 4) is 5.75 Å². The maximum Gasteiger partial charge on any atom is 0.191 e. The molecular formula is C23H41IN4O2. The molecule has 1 aliphatic rings. The van der Waals surface area contributed by atoms with Crippen molar-refractivity contribution in [3.63, 3.8) is 0 Å². The van der Waals surface area contributed by atoms with Gasteiger partial charge in [0.15, 0.2) is 5.96 Å². The van der Waals surface area contributed by atoms with E-state index in [4.69, 9.17) is 14.5 Å². The van der Waals surface area contributed by atoms with Gasteiger partial charge in [-0.2, -0.15) is 0 Å². The Morgan fingerprint density at radius 3 is 2.43 bits per heavy atom. The second kappa shape index (κ2) is 12.1. The second-order valence-corrected chi connectivity index (χ2v) is 9.11. The van der Waals surface area contributed by atoms with Gasteiger partial charge in [-0.3, -0.25) is 0 Å². The van der Waals surface area contributed by atoms with E-state index in [9.17, 15) is 0 Å². The Bertz CT molecular complexity index is 680. The predicted molar refractivity (Wildman–Crippen MR) is 136 cm³/mol. The monoisotopic (exact) mass is 532 g/mol. The minimum absolute atomic E-state index is 0. The van der Waals surface area contributed by atoms with Gasteiger partial charge in [-0.1, -0.05) is 12.1 Å². The molecule has 0 aromatic heterocycles. The summed E-state index contributed by atoms with van der Waals surface area (Å²) >= 11 is 0. The number of nitrogens with zero attached hydrogens (tertiary/aromatic N) is 2. The van der Waals surface area contributed by atoms with Crippen LogP contribution in [0.1, 0.15) is 51.7 Å². The first-order valence-corrected chi connectivity index (χ1v) is 10.7. The zero-order valence-electron chi connectivity index (χ0n) is 19.8. The molecule has 6 nitrogen and oxygen atoms in total. The quantitative estimate of drug-likeness (QED) is 0.317. The van der Waals surface area contributed by atoms with E-state index in [1.54, 1.807) is 0 Å².